The largest absolute Gasteiger partial charge is 0.477 e. The van der Waals surface area contributed by atoms with Gasteiger partial charge in [0.25, 0.3) is 5.56 Å². The number of nitrogens with one attached hydrogen (secondary N) is 3. The molecule has 0 aliphatic rings. The molecule has 0 aliphatic heterocycles. The molecule has 0 unspecified atom stereocenters. The number of aromatic carboxylic acids is 1. The summed E-state index contributed by atoms with van der Waals surface area (Å²) in [6.45, 7) is -0.0241. The van der Waals surface area contributed by atoms with Crippen LogP contribution in [0.25, 0.3) is 10.8 Å². The third-order valence-electron chi connectivity index (χ3n) is 4.78. The van der Waals surface area contributed by atoms with E-state index in [-0.39, 0.29) is 29.8 Å². The molecule has 0 atom stereocenters. The molecular weight excluding hydrogens is 424 g/mol. The van der Waals surface area contributed by atoms with Gasteiger partial charge in [-0.3, -0.25) is 9.78 Å². The van der Waals surface area contributed by atoms with E-state index in [1.807, 2.05) is 36.1 Å². The van der Waals surface area contributed by atoms with E-state index in [1.54, 1.807) is 18.2 Å². The van der Waals surface area contributed by atoms with E-state index in [2.05, 4.69) is 9.71 Å². The molecule has 164 valence electrons. The number of hydrogen-bond donors (Lipinski definition) is 4. The SMILES string of the molecule is CN(C)c1cccc2c(S(=O)(=O)NCCCc3c(C(=O)O)[nH]c(=O)[nH]c3=O)cccc12. The van der Waals surface area contributed by atoms with Crippen LogP contribution < -0.4 is 20.9 Å². The second-order valence-corrected chi connectivity index (χ2v) is 8.83. The van der Waals surface area contributed by atoms with E-state index in [4.69, 9.17) is 0 Å². The standard InChI is InChI=1S/C20H22N4O6S/c1-24(2)15-9-3-7-13-12(15)6-4-10-16(13)31(29,30)21-11-5-8-14-17(19(26)27)22-20(28)23-18(14)25/h3-4,6-7,9-10,21H,5,8,11H2,1-2H3,(H,26,27)(H2,22,23,25,28). The number of benzene rings is 2. The lowest BCUT2D eigenvalue weighted by Gasteiger charge is -2.17. The molecule has 3 aromatic rings. The molecule has 3 rings (SSSR count). The highest BCUT2D eigenvalue weighted by Crippen LogP contribution is 2.30. The van der Waals surface area contributed by atoms with E-state index in [0.717, 1.165) is 11.1 Å². The highest BCUT2D eigenvalue weighted by atomic mass is 32.2. The quantitative estimate of drug-likeness (QED) is 0.375. The van der Waals surface area contributed by atoms with Crippen molar-refractivity contribution in [2.45, 2.75) is 17.7 Å². The first kappa shape index (κ1) is 22.2. The fourth-order valence-electron chi connectivity index (χ4n) is 3.37. The monoisotopic (exact) mass is 446 g/mol. The Morgan fingerprint density at radius 1 is 1.06 bits per heavy atom. The first-order chi connectivity index (χ1) is 14.6. The Labute approximate surface area is 177 Å². The number of fused-ring (bicyclic) bond motifs is 1. The lowest BCUT2D eigenvalue weighted by Crippen LogP contribution is -2.31. The zero-order valence-corrected chi connectivity index (χ0v) is 17.7. The van der Waals surface area contributed by atoms with Crippen LogP contribution >= 0.6 is 0 Å². The van der Waals surface area contributed by atoms with Crippen LogP contribution in [0.15, 0.2) is 50.9 Å². The van der Waals surface area contributed by atoms with Crippen LogP contribution in [0.3, 0.4) is 0 Å². The summed E-state index contributed by atoms with van der Waals surface area (Å²) in [5, 5.41) is 10.5. The summed E-state index contributed by atoms with van der Waals surface area (Å²) in [5.41, 5.74) is -1.46. The van der Waals surface area contributed by atoms with Crippen LogP contribution in [0.2, 0.25) is 0 Å². The van der Waals surface area contributed by atoms with Gasteiger partial charge < -0.3 is 15.0 Å². The molecule has 0 saturated carbocycles. The van der Waals surface area contributed by atoms with Gasteiger partial charge in [-0.25, -0.2) is 22.7 Å². The average Bonchev–Trinajstić information content (AvgIpc) is 2.70. The molecule has 31 heavy (non-hydrogen) atoms. The minimum atomic E-state index is -3.86. The Hall–Kier alpha value is -3.44. The van der Waals surface area contributed by atoms with Gasteiger partial charge in [-0.1, -0.05) is 24.3 Å². The van der Waals surface area contributed by atoms with Gasteiger partial charge >= 0.3 is 11.7 Å². The number of hydrogen-bond acceptors (Lipinski definition) is 6. The minimum Gasteiger partial charge on any atom is -0.477 e. The van der Waals surface area contributed by atoms with Gasteiger partial charge in [0.15, 0.2) is 0 Å². The molecule has 1 heterocycles. The molecule has 2 aromatic carbocycles. The van der Waals surface area contributed by atoms with Gasteiger partial charge in [-0.2, -0.15) is 0 Å². The van der Waals surface area contributed by atoms with Crippen molar-refractivity contribution in [3.63, 3.8) is 0 Å². The van der Waals surface area contributed by atoms with Crippen molar-refractivity contribution in [2.24, 2.45) is 0 Å². The highest BCUT2D eigenvalue weighted by molar-refractivity contribution is 7.89. The van der Waals surface area contributed by atoms with E-state index in [9.17, 15) is 27.9 Å². The lowest BCUT2D eigenvalue weighted by molar-refractivity contribution is 0.0688. The number of H-pyrrole nitrogens is 2. The Morgan fingerprint density at radius 3 is 2.42 bits per heavy atom. The number of aromatic nitrogens is 2. The maximum Gasteiger partial charge on any atom is 0.352 e. The Kier molecular flexibility index (Phi) is 6.27. The molecule has 0 bridgehead atoms. The Bertz CT molecular complexity index is 1360. The summed E-state index contributed by atoms with van der Waals surface area (Å²) in [6.07, 6.45) is 0.124. The molecule has 0 amide bonds. The highest BCUT2D eigenvalue weighted by Gasteiger charge is 2.19. The molecule has 10 nitrogen and oxygen atoms in total. The molecule has 0 radical (unpaired) electrons. The van der Waals surface area contributed by atoms with Crippen LogP contribution in [-0.4, -0.2) is 50.1 Å². The van der Waals surface area contributed by atoms with Gasteiger partial charge in [0.1, 0.15) is 5.69 Å². The second-order valence-electron chi connectivity index (χ2n) is 7.09. The first-order valence-corrected chi connectivity index (χ1v) is 10.9. The molecule has 4 N–H and O–H groups in total. The molecule has 0 saturated heterocycles. The van der Waals surface area contributed by atoms with E-state index >= 15 is 0 Å². The molecule has 0 aliphatic carbocycles. The van der Waals surface area contributed by atoms with Crippen LogP contribution in [0.4, 0.5) is 5.69 Å². The number of carboxylic acids is 1. The summed E-state index contributed by atoms with van der Waals surface area (Å²) in [6, 6.07) is 10.4. The third kappa shape index (κ3) is 4.67. The van der Waals surface area contributed by atoms with Crippen molar-refractivity contribution in [3.05, 3.63) is 68.5 Å². The van der Waals surface area contributed by atoms with E-state index < -0.39 is 32.9 Å². The van der Waals surface area contributed by atoms with Crippen molar-refractivity contribution in [3.8, 4) is 0 Å². The smallest absolute Gasteiger partial charge is 0.352 e. The number of anilines is 1. The Balaban J connectivity index is 1.80. The number of aromatic amines is 2. The summed E-state index contributed by atoms with van der Waals surface area (Å²) in [4.78, 5) is 40.6. The number of rotatable bonds is 8. The van der Waals surface area contributed by atoms with Gasteiger partial charge in [0.05, 0.1) is 4.90 Å². The number of carbonyl (C=O) groups is 1. The van der Waals surface area contributed by atoms with E-state index in [1.165, 1.54) is 6.07 Å². The fraction of sp³-hybridized carbons (Fsp3) is 0.250. The zero-order chi connectivity index (χ0) is 22.8. The first-order valence-electron chi connectivity index (χ1n) is 9.39. The van der Waals surface area contributed by atoms with Crippen LogP contribution in [0.5, 0.6) is 0 Å². The summed E-state index contributed by atoms with van der Waals surface area (Å²) < 4.78 is 28.3. The van der Waals surface area contributed by atoms with Crippen LogP contribution in [0, 0.1) is 0 Å². The zero-order valence-electron chi connectivity index (χ0n) is 16.9. The second kappa shape index (κ2) is 8.74. The third-order valence-corrected chi connectivity index (χ3v) is 6.30. The molecule has 0 fully saturated rings. The maximum absolute atomic E-state index is 12.9. The molecule has 11 heteroatoms. The average molecular weight is 446 g/mol. The molecular formula is C20H22N4O6S. The lowest BCUT2D eigenvalue weighted by atomic mass is 10.1. The summed E-state index contributed by atoms with van der Waals surface area (Å²) >= 11 is 0. The van der Waals surface area contributed by atoms with Gasteiger partial charge in [0, 0.05) is 42.7 Å². The maximum atomic E-state index is 12.9. The summed E-state index contributed by atoms with van der Waals surface area (Å²) in [5.74, 6) is -1.44. The molecule has 0 spiro atoms. The normalized spacial score (nSPS) is 11.5. The predicted octanol–water partition coefficient (Wildman–Crippen LogP) is 0.892. The fourth-order valence-corrected chi connectivity index (χ4v) is 4.67. The summed E-state index contributed by atoms with van der Waals surface area (Å²) in [7, 11) is -0.109. The molecule has 1 aromatic heterocycles. The van der Waals surface area contributed by atoms with Crippen molar-refractivity contribution < 1.29 is 18.3 Å². The van der Waals surface area contributed by atoms with E-state index in [0.29, 0.717) is 5.39 Å². The van der Waals surface area contributed by atoms with Crippen molar-refractivity contribution >= 4 is 32.5 Å². The minimum absolute atomic E-state index is 0.0241. The van der Waals surface area contributed by atoms with Gasteiger partial charge in [0.2, 0.25) is 10.0 Å². The van der Waals surface area contributed by atoms with Crippen molar-refractivity contribution in [2.75, 3.05) is 25.5 Å². The van der Waals surface area contributed by atoms with Crippen molar-refractivity contribution in [1.82, 2.24) is 14.7 Å². The van der Waals surface area contributed by atoms with Crippen LogP contribution in [0.1, 0.15) is 22.5 Å². The van der Waals surface area contributed by atoms with Crippen molar-refractivity contribution in [1.29, 1.82) is 0 Å². The predicted molar refractivity (Wildman–Crippen MR) is 116 cm³/mol. The van der Waals surface area contributed by atoms with Crippen LogP contribution in [-0.2, 0) is 16.4 Å². The topological polar surface area (TPSA) is 152 Å². The number of carboxylic acid groups (broad SMARTS) is 1. The van der Waals surface area contributed by atoms with Gasteiger partial charge in [-0.05, 0) is 25.0 Å². The van der Waals surface area contributed by atoms with Gasteiger partial charge in [-0.15, -0.1) is 0 Å². The Morgan fingerprint density at radius 2 is 1.74 bits per heavy atom. The number of nitrogens with zero attached hydrogens (tertiary/aromatic N) is 1. The number of sulfonamides is 1.